The lowest BCUT2D eigenvalue weighted by molar-refractivity contribution is -0.134. The molecule has 0 spiro atoms. The largest absolute Gasteiger partial charge is 0.504 e. The standard InChI is InChI=1S/C19H21FN2O3/c20-14-7-9-15(10-8-14)21-16-4-3-11-22(12-16)19(24)13-25-18-6-2-1-5-17(18)23/h1-2,5-10,16,21,23H,3-4,11-13H2. The van der Waals surface area contributed by atoms with Gasteiger partial charge in [0.2, 0.25) is 0 Å². The van der Waals surface area contributed by atoms with Gasteiger partial charge in [0.25, 0.3) is 5.91 Å². The molecular formula is C19H21FN2O3. The predicted molar refractivity (Wildman–Crippen MR) is 93.2 cm³/mol. The molecule has 5 nitrogen and oxygen atoms in total. The number of nitrogens with zero attached hydrogens (tertiary/aromatic N) is 1. The SMILES string of the molecule is O=C(COc1ccccc1O)N1CCCC(Nc2ccc(F)cc2)C1. The second-order valence-electron chi connectivity index (χ2n) is 6.09. The Hall–Kier alpha value is -2.76. The van der Waals surface area contributed by atoms with Crippen LogP contribution in [0, 0.1) is 5.82 Å². The van der Waals surface area contributed by atoms with Gasteiger partial charge in [-0.25, -0.2) is 4.39 Å². The number of rotatable bonds is 5. The number of nitrogens with one attached hydrogen (secondary N) is 1. The zero-order valence-electron chi connectivity index (χ0n) is 13.8. The molecule has 132 valence electrons. The highest BCUT2D eigenvalue weighted by Gasteiger charge is 2.24. The maximum absolute atomic E-state index is 13.0. The molecule has 1 atom stereocenters. The number of anilines is 1. The van der Waals surface area contributed by atoms with E-state index < -0.39 is 0 Å². The molecule has 2 aromatic rings. The summed E-state index contributed by atoms with van der Waals surface area (Å²) in [5.74, 6) is -0.0696. The Balaban J connectivity index is 1.52. The molecule has 0 aromatic heterocycles. The summed E-state index contributed by atoms with van der Waals surface area (Å²) >= 11 is 0. The maximum Gasteiger partial charge on any atom is 0.260 e. The maximum atomic E-state index is 13.0. The van der Waals surface area contributed by atoms with Crippen molar-refractivity contribution in [3.05, 3.63) is 54.3 Å². The lowest BCUT2D eigenvalue weighted by Crippen LogP contribution is -2.46. The number of aromatic hydroxyl groups is 1. The summed E-state index contributed by atoms with van der Waals surface area (Å²) in [6, 6.07) is 12.9. The van der Waals surface area contributed by atoms with Gasteiger partial charge < -0.3 is 20.1 Å². The zero-order chi connectivity index (χ0) is 17.6. The van der Waals surface area contributed by atoms with Gasteiger partial charge in [-0.05, 0) is 49.2 Å². The van der Waals surface area contributed by atoms with E-state index in [1.54, 1.807) is 35.2 Å². The molecule has 1 amide bonds. The van der Waals surface area contributed by atoms with E-state index in [4.69, 9.17) is 4.74 Å². The third-order valence-corrected chi connectivity index (χ3v) is 4.21. The summed E-state index contributed by atoms with van der Waals surface area (Å²) < 4.78 is 18.4. The summed E-state index contributed by atoms with van der Waals surface area (Å²) in [5, 5.41) is 13.0. The molecule has 1 saturated heterocycles. The van der Waals surface area contributed by atoms with Crippen molar-refractivity contribution in [3.63, 3.8) is 0 Å². The number of ether oxygens (including phenoxy) is 1. The predicted octanol–water partition coefficient (Wildman–Crippen LogP) is 3.01. The van der Waals surface area contributed by atoms with Crippen LogP contribution in [0.3, 0.4) is 0 Å². The van der Waals surface area contributed by atoms with Crippen molar-refractivity contribution >= 4 is 11.6 Å². The molecule has 6 heteroatoms. The minimum Gasteiger partial charge on any atom is -0.504 e. The van der Waals surface area contributed by atoms with Crippen LogP contribution in [0.5, 0.6) is 11.5 Å². The van der Waals surface area contributed by atoms with Crippen LogP contribution in [0.15, 0.2) is 48.5 Å². The first-order chi connectivity index (χ1) is 12.1. The number of para-hydroxylation sites is 2. The smallest absolute Gasteiger partial charge is 0.260 e. The van der Waals surface area contributed by atoms with E-state index in [2.05, 4.69) is 5.32 Å². The summed E-state index contributed by atoms with van der Waals surface area (Å²) in [6.45, 7) is 1.14. The number of hydrogen-bond donors (Lipinski definition) is 2. The molecule has 0 radical (unpaired) electrons. The molecule has 0 bridgehead atoms. The van der Waals surface area contributed by atoms with Gasteiger partial charge in [0.15, 0.2) is 18.1 Å². The first-order valence-electron chi connectivity index (χ1n) is 8.32. The average Bonchev–Trinajstić information content (AvgIpc) is 2.63. The number of carbonyl (C=O) groups excluding carboxylic acids is 1. The number of halogens is 1. The second-order valence-corrected chi connectivity index (χ2v) is 6.09. The third-order valence-electron chi connectivity index (χ3n) is 4.21. The normalized spacial score (nSPS) is 17.2. The molecule has 1 aliphatic heterocycles. The molecule has 3 rings (SSSR count). The summed E-state index contributed by atoms with van der Waals surface area (Å²) in [7, 11) is 0. The molecule has 1 fully saturated rings. The molecule has 25 heavy (non-hydrogen) atoms. The van der Waals surface area contributed by atoms with Crippen LogP contribution in [0.2, 0.25) is 0 Å². The first-order valence-corrected chi connectivity index (χ1v) is 8.32. The average molecular weight is 344 g/mol. The van der Waals surface area contributed by atoms with Crippen LogP contribution in [0.25, 0.3) is 0 Å². The molecule has 2 aromatic carbocycles. The van der Waals surface area contributed by atoms with E-state index in [-0.39, 0.29) is 30.1 Å². The van der Waals surface area contributed by atoms with Gasteiger partial charge >= 0.3 is 0 Å². The lowest BCUT2D eigenvalue weighted by Gasteiger charge is -2.33. The van der Waals surface area contributed by atoms with Crippen LogP contribution < -0.4 is 10.1 Å². The molecule has 0 aliphatic carbocycles. The fourth-order valence-corrected chi connectivity index (χ4v) is 2.91. The third kappa shape index (κ3) is 4.62. The number of carbonyl (C=O) groups is 1. The molecule has 0 saturated carbocycles. The van der Waals surface area contributed by atoms with Gasteiger partial charge in [0, 0.05) is 24.8 Å². The Labute approximate surface area is 146 Å². The van der Waals surface area contributed by atoms with Crippen LogP contribution in [0.4, 0.5) is 10.1 Å². The first kappa shape index (κ1) is 17.1. The molecule has 1 unspecified atom stereocenters. The Kier molecular flexibility index (Phi) is 5.38. The minimum atomic E-state index is -0.271. The highest BCUT2D eigenvalue weighted by molar-refractivity contribution is 5.78. The summed E-state index contributed by atoms with van der Waals surface area (Å²) in [6.07, 6.45) is 1.84. The van der Waals surface area contributed by atoms with Gasteiger partial charge in [-0.2, -0.15) is 0 Å². The number of amides is 1. The molecular weight excluding hydrogens is 323 g/mol. The van der Waals surface area contributed by atoms with Crippen molar-refractivity contribution in [3.8, 4) is 11.5 Å². The summed E-state index contributed by atoms with van der Waals surface area (Å²) in [5.41, 5.74) is 0.839. The molecule has 1 aliphatic rings. The number of piperidine rings is 1. The van der Waals surface area contributed by atoms with Gasteiger partial charge in [-0.15, -0.1) is 0 Å². The number of likely N-dealkylation sites (tertiary alicyclic amines) is 1. The Morgan fingerprint density at radius 2 is 2.00 bits per heavy atom. The summed E-state index contributed by atoms with van der Waals surface area (Å²) in [4.78, 5) is 14.1. The lowest BCUT2D eigenvalue weighted by atomic mass is 10.1. The van der Waals surface area contributed by atoms with Crippen molar-refractivity contribution < 1.29 is 19.0 Å². The highest BCUT2D eigenvalue weighted by Crippen LogP contribution is 2.24. The Morgan fingerprint density at radius 3 is 2.76 bits per heavy atom. The number of hydrogen-bond acceptors (Lipinski definition) is 4. The topological polar surface area (TPSA) is 61.8 Å². The number of phenols is 1. The minimum absolute atomic E-state index is 0.0183. The zero-order valence-corrected chi connectivity index (χ0v) is 13.8. The van der Waals surface area contributed by atoms with Gasteiger partial charge in [0.05, 0.1) is 0 Å². The van der Waals surface area contributed by atoms with Crippen LogP contribution in [-0.2, 0) is 4.79 Å². The van der Waals surface area contributed by atoms with E-state index in [1.165, 1.54) is 18.2 Å². The van der Waals surface area contributed by atoms with Crippen molar-refractivity contribution in [1.29, 1.82) is 0 Å². The van der Waals surface area contributed by atoms with Gasteiger partial charge in [-0.3, -0.25) is 4.79 Å². The van der Waals surface area contributed by atoms with E-state index in [0.29, 0.717) is 18.8 Å². The molecule has 2 N–H and O–H groups in total. The monoisotopic (exact) mass is 344 g/mol. The van der Waals surface area contributed by atoms with Crippen molar-refractivity contribution in [2.45, 2.75) is 18.9 Å². The number of benzene rings is 2. The second kappa shape index (κ2) is 7.88. The Morgan fingerprint density at radius 1 is 1.24 bits per heavy atom. The van der Waals surface area contributed by atoms with E-state index >= 15 is 0 Å². The van der Waals surface area contributed by atoms with Crippen LogP contribution >= 0.6 is 0 Å². The highest BCUT2D eigenvalue weighted by atomic mass is 19.1. The van der Waals surface area contributed by atoms with Crippen LogP contribution in [0.1, 0.15) is 12.8 Å². The quantitative estimate of drug-likeness (QED) is 0.875. The van der Waals surface area contributed by atoms with E-state index in [0.717, 1.165) is 18.5 Å². The van der Waals surface area contributed by atoms with E-state index in [1.807, 2.05) is 0 Å². The fourth-order valence-electron chi connectivity index (χ4n) is 2.91. The van der Waals surface area contributed by atoms with Gasteiger partial charge in [0.1, 0.15) is 5.82 Å². The van der Waals surface area contributed by atoms with Crippen LogP contribution in [-0.4, -0.2) is 41.7 Å². The number of phenolic OH excluding ortho intramolecular Hbond substituents is 1. The van der Waals surface area contributed by atoms with Crippen molar-refractivity contribution in [1.82, 2.24) is 4.90 Å². The Bertz CT molecular complexity index is 721. The van der Waals surface area contributed by atoms with Crippen molar-refractivity contribution in [2.24, 2.45) is 0 Å². The fraction of sp³-hybridized carbons (Fsp3) is 0.316. The van der Waals surface area contributed by atoms with Gasteiger partial charge in [-0.1, -0.05) is 12.1 Å². The van der Waals surface area contributed by atoms with Crippen molar-refractivity contribution in [2.75, 3.05) is 25.0 Å². The molecule has 1 heterocycles. The van der Waals surface area contributed by atoms with E-state index in [9.17, 15) is 14.3 Å².